The Morgan fingerprint density at radius 3 is 2.50 bits per heavy atom. The molecule has 130 valence electrons. The number of methoxy groups -OCH3 is 1. The molecule has 5 heteroatoms. The third-order valence-corrected chi connectivity index (χ3v) is 4.15. The fourth-order valence-corrected chi connectivity index (χ4v) is 2.81. The molecule has 26 heavy (non-hydrogen) atoms. The number of hydrogen-bond donors (Lipinski definition) is 1. The number of ether oxygens (including phenoxy) is 1. The van der Waals surface area contributed by atoms with Crippen LogP contribution in [0.15, 0.2) is 60.2 Å². The third-order valence-electron chi connectivity index (χ3n) is 4.15. The third kappa shape index (κ3) is 3.19. The molecular formula is C21H20N4O. The highest BCUT2D eigenvalue weighted by molar-refractivity contribution is 5.95. The summed E-state index contributed by atoms with van der Waals surface area (Å²) in [7, 11) is 1.65. The second-order valence-corrected chi connectivity index (χ2v) is 5.82. The highest BCUT2D eigenvalue weighted by Gasteiger charge is 2.12. The van der Waals surface area contributed by atoms with Crippen LogP contribution in [0.5, 0.6) is 5.75 Å². The summed E-state index contributed by atoms with van der Waals surface area (Å²) in [6.45, 7) is 9.24. The van der Waals surface area contributed by atoms with E-state index in [1.165, 1.54) is 0 Å². The molecule has 0 amide bonds. The van der Waals surface area contributed by atoms with E-state index in [0.717, 1.165) is 33.3 Å². The quantitative estimate of drug-likeness (QED) is 0.549. The number of rotatable bonds is 5. The first-order valence-corrected chi connectivity index (χ1v) is 8.08. The van der Waals surface area contributed by atoms with E-state index in [1.54, 1.807) is 19.4 Å². The monoisotopic (exact) mass is 344 g/mol. The molecule has 0 spiro atoms. The van der Waals surface area contributed by atoms with Gasteiger partial charge < -0.3 is 10.5 Å². The molecule has 1 heterocycles. The van der Waals surface area contributed by atoms with Crippen molar-refractivity contribution in [3.8, 4) is 16.9 Å². The average Bonchev–Trinajstić information content (AvgIpc) is 2.66. The van der Waals surface area contributed by atoms with E-state index in [2.05, 4.69) is 34.3 Å². The van der Waals surface area contributed by atoms with Gasteiger partial charge in [-0.3, -0.25) is 4.99 Å². The standard InChI is InChI=1S/C21H20N4O/c1-5-14(12-23-3)21-24-19-13(2)10-16(11-18(19)20(22)25-21)15-6-8-17(26-4)9-7-15/h5-12H,1,3H2,2,4H3,(H2,22,24,25)/b14-12+. The molecule has 5 nitrogen and oxygen atoms in total. The molecule has 0 aliphatic rings. The maximum Gasteiger partial charge on any atom is 0.163 e. The van der Waals surface area contributed by atoms with Crippen LogP contribution < -0.4 is 10.5 Å². The van der Waals surface area contributed by atoms with Crippen molar-refractivity contribution in [1.29, 1.82) is 0 Å². The van der Waals surface area contributed by atoms with Crippen molar-refractivity contribution in [2.45, 2.75) is 6.92 Å². The minimum atomic E-state index is 0.417. The first kappa shape index (κ1) is 17.4. The Bertz CT molecular complexity index is 1020. The maximum absolute atomic E-state index is 6.23. The maximum atomic E-state index is 6.23. The molecule has 0 radical (unpaired) electrons. The van der Waals surface area contributed by atoms with Gasteiger partial charge in [-0.05, 0) is 54.6 Å². The summed E-state index contributed by atoms with van der Waals surface area (Å²) in [5, 5.41) is 0.814. The summed E-state index contributed by atoms with van der Waals surface area (Å²) in [5.41, 5.74) is 10.8. The van der Waals surface area contributed by atoms with Crippen molar-refractivity contribution in [3.05, 3.63) is 66.6 Å². The van der Waals surface area contributed by atoms with Crippen LogP contribution in [0.3, 0.4) is 0 Å². The molecule has 0 aliphatic heterocycles. The highest BCUT2D eigenvalue weighted by atomic mass is 16.5. The summed E-state index contributed by atoms with van der Waals surface area (Å²) in [4.78, 5) is 12.8. The fourth-order valence-electron chi connectivity index (χ4n) is 2.81. The molecule has 0 saturated heterocycles. The number of anilines is 1. The van der Waals surface area contributed by atoms with Crippen LogP contribution in [0.4, 0.5) is 5.82 Å². The Kier molecular flexibility index (Phi) is 4.80. The number of aliphatic imine (C=N–C) groups is 1. The van der Waals surface area contributed by atoms with Crippen molar-refractivity contribution in [2.75, 3.05) is 12.8 Å². The van der Waals surface area contributed by atoms with E-state index in [1.807, 2.05) is 37.3 Å². The van der Waals surface area contributed by atoms with Gasteiger partial charge in [-0.15, -0.1) is 0 Å². The predicted molar refractivity (Wildman–Crippen MR) is 108 cm³/mol. The van der Waals surface area contributed by atoms with Crippen LogP contribution in [0, 0.1) is 6.92 Å². The molecule has 0 saturated carbocycles. The average molecular weight is 344 g/mol. The number of nitrogens with two attached hydrogens (primary N) is 1. The fraction of sp³-hybridized carbons (Fsp3) is 0.0952. The van der Waals surface area contributed by atoms with Gasteiger partial charge in [0.25, 0.3) is 0 Å². The number of nitrogens with zero attached hydrogens (tertiary/aromatic N) is 3. The molecule has 0 bridgehead atoms. The van der Waals surface area contributed by atoms with Gasteiger partial charge in [0.1, 0.15) is 11.6 Å². The van der Waals surface area contributed by atoms with E-state index in [9.17, 15) is 0 Å². The summed E-state index contributed by atoms with van der Waals surface area (Å²) >= 11 is 0. The second-order valence-electron chi connectivity index (χ2n) is 5.82. The molecule has 0 fully saturated rings. The lowest BCUT2D eigenvalue weighted by Crippen LogP contribution is -2.01. The van der Waals surface area contributed by atoms with Gasteiger partial charge in [-0.25, -0.2) is 9.97 Å². The van der Waals surface area contributed by atoms with Gasteiger partial charge >= 0.3 is 0 Å². The van der Waals surface area contributed by atoms with Crippen molar-refractivity contribution in [2.24, 2.45) is 4.99 Å². The largest absolute Gasteiger partial charge is 0.497 e. The van der Waals surface area contributed by atoms with Crippen LogP contribution in [0.25, 0.3) is 27.6 Å². The zero-order chi connectivity index (χ0) is 18.7. The van der Waals surface area contributed by atoms with E-state index in [4.69, 9.17) is 10.5 Å². The van der Waals surface area contributed by atoms with Gasteiger partial charge in [0.15, 0.2) is 5.82 Å². The summed E-state index contributed by atoms with van der Waals surface area (Å²) < 4.78 is 5.22. The van der Waals surface area contributed by atoms with Crippen LogP contribution in [-0.2, 0) is 0 Å². The smallest absolute Gasteiger partial charge is 0.163 e. The van der Waals surface area contributed by atoms with E-state index in [0.29, 0.717) is 17.2 Å². The van der Waals surface area contributed by atoms with E-state index >= 15 is 0 Å². The van der Waals surface area contributed by atoms with Crippen LogP contribution >= 0.6 is 0 Å². The predicted octanol–water partition coefficient (Wildman–Crippen LogP) is 4.42. The molecule has 0 unspecified atom stereocenters. The van der Waals surface area contributed by atoms with E-state index in [-0.39, 0.29) is 0 Å². The molecule has 3 rings (SSSR count). The van der Waals surface area contributed by atoms with E-state index < -0.39 is 0 Å². The summed E-state index contributed by atoms with van der Waals surface area (Å²) in [6.07, 6.45) is 3.20. The molecule has 2 N–H and O–H groups in total. The first-order chi connectivity index (χ1) is 12.6. The molecular weight excluding hydrogens is 324 g/mol. The molecule has 2 aromatic carbocycles. The lowest BCUT2D eigenvalue weighted by atomic mass is 10.00. The summed E-state index contributed by atoms with van der Waals surface area (Å²) in [5.74, 6) is 1.72. The van der Waals surface area contributed by atoms with Crippen LogP contribution in [0.2, 0.25) is 0 Å². The normalized spacial score (nSPS) is 11.4. The topological polar surface area (TPSA) is 73.4 Å². The van der Waals surface area contributed by atoms with Crippen molar-refractivity contribution in [1.82, 2.24) is 9.97 Å². The minimum Gasteiger partial charge on any atom is -0.497 e. The lowest BCUT2D eigenvalue weighted by Gasteiger charge is -2.11. The van der Waals surface area contributed by atoms with Gasteiger partial charge in [0, 0.05) is 17.2 Å². The highest BCUT2D eigenvalue weighted by Crippen LogP contribution is 2.31. The number of hydrogen-bond acceptors (Lipinski definition) is 5. The van der Waals surface area contributed by atoms with Gasteiger partial charge in [0.05, 0.1) is 12.6 Å². The molecule has 0 atom stereocenters. The Labute approximate surface area is 152 Å². The van der Waals surface area contributed by atoms with Crippen LogP contribution in [-0.4, -0.2) is 23.8 Å². The van der Waals surface area contributed by atoms with Crippen molar-refractivity contribution in [3.63, 3.8) is 0 Å². The molecule has 3 aromatic rings. The number of aromatic nitrogens is 2. The lowest BCUT2D eigenvalue weighted by molar-refractivity contribution is 0.415. The van der Waals surface area contributed by atoms with Gasteiger partial charge in [-0.1, -0.05) is 24.8 Å². The Morgan fingerprint density at radius 2 is 1.88 bits per heavy atom. The van der Waals surface area contributed by atoms with Crippen LogP contribution in [0.1, 0.15) is 11.4 Å². The number of nitrogen functional groups attached to an aromatic ring is 1. The van der Waals surface area contributed by atoms with Crippen molar-refractivity contribution < 1.29 is 4.74 Å². The number of aryl methyl sites for hydroxylation is 1. The summed E-state index contributed by atoms with van der Waals surface area (Å²) in [6, 6.07) is 12.0. The molecule has 1 aromatic heterocycles. The molecule has 0 aliphatic carbocycles. The van der Waals surface area contributed by atoms with Crippen molar-refractivity contribution >= 4 is 29.0 Å². The van der Waals surface area contributed by atoms with Gasteiger partial charge in [-0.2, -0.15) is 0 Å². The van der Waals surface area contributed by atoms with Gasteiger partial charge in [0.2, 0.25) is 0 Å². The number of allylic oxidation sites excluding steroid dienone is 2. The zero-order valence-corrected chi connectivity index (χ0v) is 14.9. The SMILES string of the molecule is C=C/C(=C\N=C)c1nc(N)c2cc(-c3ccc(OC)cc3)cc(C)c2n1. The Morgan fingerprint density at radius 1 is 1.15 bits per heavy atom. The minimum absolute atomic E-state index is 0.417. The Balaban J connectivity index is 2.17. The number of fused-ring (bicyclic) bond motifs is 1. The number of benzene rings is 2. The second kappa shape index (κ2) is 7.19. The zero-order valence-electron chi connectivity index (χ0n) is 14.9. The Hall–Kier alpha value is -3.47. The first-order valence-electron chi connectivity index (χ1n) is 8.08.